The van der Waals surface area contributed by atoms with Crippen molar-refractivity contribution >= 4 is 17.4 Å². The molecule has 1 aliphatic rings. The van der Waals surface area contributed by atoms with Crippen LogP contribution in [0.1, 0.15) is 27.2 Å². The summed E-state index contributed by atoms with van der Waals surface area (Å²) in [4.78, 5) is 10.4. The molecular weight excluding hydrogens is 260 g/mol. The summed E-state index contributed by atoms with van der Waals surface area (Å²) < 4.78 is 0. The van der Waals surface area contributed by atoms with Gasteiger partial charge >= 0.3 is 0 Å². The van der Waals surface area contributed by atoms with Crippen molar-refractivity contribution in [3.05, 3.63) is 29.8 Å². The van der Waals surface area contributed by atoms with Crippen LogP contribution < -0.4 is 10.2 Å². The molecule has 4 nitrogen and oxygen atoms in total. The van der Waals surface area contributed by atoms with Crippen molar-refractivity contribution in [3.8, 4) is 0 Å². The van der Waals surface area contributed by atoms with Crippen molar-refractivity contribution < 1.29 is 0 Å². The molecule has 2 heterocycles. The topological polar surface area (TPSA) is 41.0 Å². The largest absolute Gasteiger partial charge is 0.382 e. The predicted molar refractivity (Wildman–Crippen MR) is 79.4 cm³/mol. The van der Waals surface area contributed by atoms with Crippen molar-refractivity contribution in [2.45, 2.75) is 33.2 Å². The third kappa shape index (κ3) is 4.10. The van der Waals surface area contributed by atoms with E-state index >= 15 is 0 Å². The molecule has 2 rings (SSSR count). The summed E-state index contributed by atoms with van der Waals surface area (Å²) in [7, 11) is 0. The number of anilines is 1. The molecule has 1 fully saturated rings. The molecule has 1 N–H and O–H groups in total. The van der Waals surface area contributed by atoms with Crippen molar-refractivity contribution in [2.75, 3.05) is 18.0 Å². The molecule has 0 aromatic carbocycles. The minimum atomic E-state index is 0.270. The number of nitrogens with zero attached hydrogens (tertiary/aromatic N) is 3. The quantitative estimate of drug-likeness (QED) is 0.921. The molecule has 0 atom stereocenters. The SMILES string of the molecule is C=C(CC(C)(C)C)NC1CN(c2cncc(Cl)n2)C1. The van der Waals surface area contributed by atoms with Crippen molar-refractivity contribution in [2.24, 2.45) is 5.41 Å². The Bertz CT molecular complexity index is 461. The second kappa shape index (κ2) is 5.37. The average Bonchev–Trinajstić information content (AvgIpc) is 2.20. The molecule has 5 heteroatoms. The number of halogens is 1. The zero-order chi connectivity index (χ0) is 14.0. The van der Waals surface area contributed by atoms with Crippen LogP contribution in [0, 0.1) is 5.41 Å². The molecule has 1 aromatic heterocycles. The lowest BCUT2D eigenvalue weighted by Gasteiger charge is -2.41. The first kappa shape index (κ1) is 14.1. The smallest absolute Gasteiger partial charge is 0.149 e. The van der Waals surface area contributed by atoms with Crippen LogP contribution in [0.25, 0.3) is 0 Å². The minimum Gasteiger partial charge on any atom is -0.382 e. The van der Waals surface area contributed by atoms with Crippen LogP contribution in [0.2, 0.25) is 5.15 Å². The highest BCUT2D eigenvalue weighted by molar-refractivity contribution is 6.29. The molecule has 0 bridgehead atoms. The first-order valence-corrected chi connectivity index (χ1v) is 6.88. The van der Waals surface area contributed by atoms with Gasteiger partial charge in [0.25, 0.3) is 0 Å². The van der Waals surface area contributed by atoms with Crippen molar-refractivity contribution in [1.29, 1.82) is 0 Å². The summed E-state index contributed by atoms with van der Waals surface area (Å²) in [5.74, 6) is 0.840. The van der Waals surface area contributed by atoms with Gasteiger partial charge in [-0.05, 0) is 11.8 Å². The summed E-state index contributed by atoms with van der Waals surface area (Å²) >= 11 is 5.83. The van der Waals surface area contributed by atoms with Gasteiger partial charge in [0, 0.05) is 18.8 Å². The van der Waals surface area contributed by atoms with Crippen molar-refractivity contribution in [3.63, 3.8) is 0 Å². The van der Waals surface area contributed by atoms with E-state index in [1.165, 1.54) is 0 Å². The summed E-state index contributed by atoms with van der Waals surface area (Å²) in [6.07, 6.45) is 4.28. The lowest BCUT2D eigenvalue weighted by molar-refractivity contribution is 0.374. The van der Waals surface area contributed by atoms with E-state index in [4.69, 9.17) is 11.6 Å². The Morgan fingerprint density at radius 1 is 1.47 bits per heavy atom. The number of allylic oxidation sites excluding steroid dienone is 1. The molecule has 1 aliphatic heterocycles. The van der Waals surface area contributed by atoms with E-state index in [0.29, 0.717) is 11.2 Å². The average molecular weight is 281 g/mol. The van der Waals surface area contributed by atoms with Crippen LogP contribution in [0.15, 0.2) is 24.7 Å². The number of aromatic nitrogens is 2. The summed E-state index contributed by atoms with van der Waals surface area (Å²) in [6.45, 7) is 12.6. The van der Waals surface area contributed by atoms with Gasteiger partial charge in [0.05, 0.1) is 18.4 Å². The predicted octanol–water partition coefficient (Wildman–Crippen LogP) is 2.86. The normalized spacial score (nSPS) is 16.1. The van der Waals surface area contributed by atoms with Crippen molar-refractivity contribution in [1.82, 2.24) is 15.3 Å². The van der Waals surface area contributed by atoms with Gasteiger partial charge in [0.2, 0.25) is 0 Å². The molecule has 0 aliphatic carbocycles. The monoisotopic (exact) mass is 280 g/mol. The fourth-order valence-corrected chi connectivity index (χ4v) is 2.36. The van der Waals surface area contributed by atoms with E-state index in [1.54, 1.807) is 12.4 Å². The molecule has 1 aromatic rings. The lowest BCUT2D eigenvalue weighted by atomic mass is 9.90. The molecular formula is C14H21ClN4. The summed E-state index contributed by atoms with van der Waals surface area (Å²) in [6, 6.07) is 0.440. The zero-order valence-corrected chi connectivity index (χ0v) is 12.5. The van der Waals surface area contributed by atoms with Crippen LogP contribution in [0.5, 0.6) is 0 Å². The molecule has 0 radical (unpaired) electrons. The Morgan fingerprint density at radius 2 is 2.16 bits per heavy atom. The second-order valence-corrected chi connectivity index (χ2v) is 6.67. The first-order chi connectivity index (χ1) is 8.83. The maximum absolute atomic E-state index is 5.83. The molecule has 104 valence electrons. The Kier molecular flexibility index (Phi) is 3.99. The van der Waals surface area contributed by atoms with Crippen LogP contribution in [0.4, 0.5) is 5.82 Å². The van der Waals surface area contributed by atoms with E-state index < -0.39 is 0 Å². The Morgan fingerprint density at radius 3 is 2.74 bits per heavy atom. The third-order valence-electron chi connectivity index (χ3n) is 2.95. The number of hydrogen-bond donors (Lipinski definition) is 1. The standard InChI is InChI=1S/C14H21ClN4/c1-10(5-14(2,3)4)17-11-8-19(9-11)13-7-16-6-12(15)18-13/h6-7,11,17H,1,5,8-9H2,2-4H3. The highest BCUT2D eigenvalue weighted by Gasteiger charge is 2.28. The van der Waals surface area contributed by atoms with Crippen LogP contribution in [-0.2, 0) is 0 Å². The van der Waals surface area contributed by atoms with Gasteiger partial charge in [-0.2, -0.15) is 0 Å². The van der Waals surface area contributed by atoms with Gasteiger partial charge in [-0.3, -0.25) is 4.98 Å². The molecule has 1 saturated heterocycles. The molecule has 0 unspecified atom stereocenters. The summed E-state index contributed by atoms with van der Waals surface area (Å²) in [5.41, 5.74) is 1.38. The van der Waals surface area contributed by atoms with Gasteiger partial charge in [-0.15, -0.1) is 0 Å². The Labute approximate surface area is 119 Å². The van der Waals surface area contributed by atoms with Crippen LogP contribution in [0.3, 0.4) is 0 Å². The zero-order valence-electron chi connectivity index (χ0n) is 11.8. The first-order valence-electron chi connectivity index (χ1n) is 6.50. The van der Waals surface area contributed by atoms with E-state index in [2.05, 4.69) is 47.5 Å². The maximum atomic E-state index is 5.83. The van der Waals surface area contributed by atoms with Gasteiger partial charge in [-0.25, -0.2) is 4.98 Å². The van der Waals surface area contributed by atoms with E-state index in [9.17, 15) is 0 Å². The highest BCUT2D eigenvalue weighted by Crippen LogP contribution is 2.24. The number of rotatable bonds is 4. The lowest BCUT2D eigenvalue weighted by Crippen LogP contribution is -2.58. The fraction of sp³-hybridized carbons (Fsp3) is 0.571. The van der Waals surface area contributed by atoms with Gasteiger partial charge < -0.3 is 10.2 Å². The summed E-state index contributed by atoms with van der Waals surface area (Å²) in [5, 5.41) is 3.91. The van der Waals surface area contributed by atoms with Crippen LogP contribution >= 0.6 is 11.6 Å². The van der Waals surface area contributed by atoms with E-state index in [0.717, 1.165) is 31.0 Å². The van der Waals surface area contributed by atoms with Gasteiger partial charge in [-0.1, -0.05) is 39.0 Å². The molecule has 0 amide bonds. The van der Waals surface area contributed by atoms with Crippen LogP contribution in [-0.4, -0.2) is 29.1 Å². The van der Waals surface area contributed by atoms with Gasteiger partial charge in [0.15, 0.2) is 0 Å². The second-order valence-electron chi connectivity index (χ2n) is 6.29. The number of hydrogen-bond acceptors (Lipinski definition) is 4. The molecule has 0 saturated carbocycles. The fourth-order valence-electron chi connectivity index (χ4n) is 2.22. The third-order valence-corrected chi connectivity index (χ3v) is 3.13. The molecule has 0 spiro atoms. The Hall–Kier alpha value is -1.29. The highest BCUT2D eigenvalue weighted by atomic mass is 35.5. The Balaban J connectivity index is 1.79. The maximum Gasteiger partial charge on any atom is 0.149 e. The molecule has 19 heavy (non-hydrogen) atoms. The van der Waals surface area contributed by atoms with Gasteiger partial charge in [0.1, 0.15) is 11.0 Å². The van der Waals surface area contributed by atoms with E-state index in [1.807, 2.05) is 0 Å². The minimum absolute atomic E-state index is 0.270. The number of nitrogens with one attached hydrogen (secondary N) is 1. The van der Waals surface area contributed by atoms with E-state index in [-0.39, 0.29) is 5.41 Å².